The maximum Gasteiger partial charge on any atom is 0.191 e. The number of nitrogens with zero attached hydrogens (tertiary/aromatic N) is 4. The third-order valence-electron chi connectivity index (χ3n) is 8.51. The van der Waals surface area contributed by atoms with E-state index in [1.165, 1.54) is 30.9 Å². The molecule has 3 heterocycles. The van der Waals surface area contributed by atoms with Crippen LogP contribution < -0.4 is 0 Å². The topological polar surface area (TPSA) is 38.0 Å². The fraction of sp³-hybridized carbons (Fsp3) is 0. The molecule has 3 aromatic heterocycles. The summed E-state index contributed by atoms with van der Waals surface area (Å²) in [5, 5.41) is 16.6. The molecule has 4 nitrogen and oxygen atoms in total. The lowest BCUT2D eigenvalue weighted by molar-refractivity contribution is 1.14. The Morgan fingerprint density at radius 2 is 1.23 bits per heavy atom. The maximum atomic E-state index is 9.61. The molecule has 0 radical (unpaired) electrons. The van der Waals surface area contributed by atoms with Crippen molar-refractivity contribution in [3.05, 3.63) is 138 Å². The van der Waals surface area contributed by atoms with Crippen LogP contribution >= 0.6 is 11.3 Å². The third-order valence-corrected chi connectivity index (χ3v) is 9.65. The van der Waals surface area contributed by atoms with Crippen LogP contribution in [0.5, 0.6) is 0 Å². The summed E-state index contributed by atoms with van der Waals surface area (Å²) < 4.78 is 7.06. The van der Waals surface area contributed by atoms with Crippen LogP contribution in [0.3, 0.4) is 0 Å². The number of hydrogen-bond donors (Lipinski definition) is 0. The van der Waals surface area contributed by atoms with E-state index in [-0.39, 0.29) is 0 Å². The molecule has 0 amide bonds. The summed E-state index contributed by atoms with van der Waals surface area (Å²) in [5.41, 5.74) is 7.35. The quantitative estimate of drug-likeness (QED) is 0.192. The van der Waals surface area contributed by atoms with Crippen LogP contribution in [0.15, 0.2) is 121 Å². The molecule has 0 spiro atoms. The van der Waals surface area contributed by atoms with E-state index in [0.717, 1.165) is 44.2 Å². The molecule has 0 atom stereocenters. The fourth-order valence-corrected chi connectivity index (χ4v) is 7.86. The van der Waals surface area contributed by atoms with Crippen molar-refractivity contribution in [2.24, 2.45) is 0 Å². The van der Waals surface area contributed by atoms with E-state index in [2.05, 4.69) is 98.9 Å². The average Bonchev–Trinajstić information content (AvgIpc) is 3.71. The van der Waals surface area contributed by atoms with Gasteiger partial charge in [-0.25, -0.2) is 4.85 Å². The highest BCUT2D eigenvalue weighted by molar-refractivity contribution is 7.26. The predicted molar refractivity (Wildman–Crippen MR) is 179 cm³/mol. The smallest absolute Gasteiger partial charge is 0.191 e. The lowest BCUT2D eigenvalue weighted by Crippen LogP contribution is -1.99. The number of para-hydroxylation sites is 2. The third kappa shape index (κ3) is 3.29. The molecule has 0 fully saturated rings. The van der Waals surface area contributed by atoms with E-state index in [4.69, 9.17) is 6.57 Å². The Kier molecular flexibility index (Phi) is 4.87. The summed E-state index contributed by atoms with van der Waals surface area (Å²) >= 11 is 1.82. The molecular formula is C38H20N4S. The van der Waals surface area contributed by atoms with Gasteiger partial charge in [0.15, 0.2) is 5.69 Å². The van der Waals surface area contributed by atoms with Crippen LogP contribution in [-0.4, -0.2) is 9.13 Å². The molecule has 43 heavy (non-hydrogen) atoms. The van der Waals surface area contributed by atoms with E-state index in [0.29, 0.717) is 11.3 Å². The molecule has 0 aliphatic rings. The summed E-state index contributed by atoms with van der Waals surface area (Å²) in [6.07, 6.45) is 0. The van der Waals surface area contributed by atoms with Gasteiger partial charge < -0.3 is 9.13 Å². The molecule has 5 heteroatoms. The monoisotopic (exact) mass is 564 g/mol. The molecule has 0 aliphatic carbocycles. The number of nitriles is 1. The largest absolute Gasteiger partial charge is 0.310 e. The second kappa shape index (κ2) is 8.81. The van der Waals surface area contributed by atoms with Crippen molar-refractivity contribution in [2.45, 2.75) is 0 Å². The highest BCUT2D eigenvalue weighted by Crippen LogP contribution is 2.44. The Morgan fingerprint density at radius 1 is 0.581 bits per heavy atom. The average molecular weight is 565 g/mol. The van der Waals surface area contributed by atoms with Gasteiger partial charge in [-0.15, -0.1) is 11.3 Å². The van der Waals surface area contributed by atoms with Gasteiger partial charge in [-0.05, 0) is 60.7 Å². The van der Waals surface area contributed by atoms with Crippen molar-refractivity contribution >= 4 is 80.8 Å². The number of hydrogen-bond acceptors (Lipinski definition) is 2. The van der Waals surface area contributed by atoms with Crippen LogP contribution in [0.25, 0.3) is 80.0 Å². The number of thiophene rings is 1. The number of aromatic nitrogens is 2. The zero-order chi connectivity index (χ0) is 28.7. The Balaban J connectivity index is 1.43. The molecule has 9 rings (SSSR count). The summed E-state index contributed by atoms with van der Waals surface area (Å²) in [7, 11) is 0. The molecule has 0 unspecified atom stereocenters. The lowest BCUT2D eigenvalue weighted by atomic mass is 10.1. The fourth-order valence-electron chi connectivity index (χ4n) is 6.76. The first-order valence-corrected chi connectivity index (χ1v) is 14.9. The van der Waals surface area contributed by atoms with Crippen LogP contribution in [0, 0.1) is 17.9 Å². The normalized spacial score (nSPS) is 11.7. The summed E-state index contributed by atoms with van der Waals surface area (Å²) in [6, 6.07) is 44.2. The van der Waals surface area contributed by atoms with E-state index >= 15 is 0 Å². The van der Waals surface area contributed by atoms with Crippen LogP contribution in [0.1, 0.15) is 5.56 Å². The Hall–Kier alpha value is -5.88. The Bertz CT molecular complexity index is 2710. The lowest BCUT2D eigenvalue weighted by Gasteiger charge is -2.14. The summed E-state index contributed by atoms with van der Waals surface area (Å²) in [5.74, 6) is 0. The first-order valence-electron chi connectivity index (χ1n) is 14.0. The molecule has 6 aromatic carbocycles. The number of rotatable bonds is 2. The van der Waals surface area contributed by atoms with Gasteiger partial charge in [0.2, 0.25) is 0 Å². The first kappa shape index (κ1) is 23.8. The maximum absolute atomic E-state index is 9.61. The van der Waals surface area contributed by atoms with Crippen LogP contribution in [0.4, 0.5) is 5.69 Å². The summed E-state index contributed by atoms with van der Waals surface area (Å²) in [4.78, 5) is 3.94. The van der Waals surface area contributed by atoms with Crippen molar-refractivity contribution in [1.82, 2.24) is 9.13 Å². The molecule has 0 saturated heterocycles. The van der Waals surface area contributed by atoms with E-state index in [9.17, 15) is 5.26 Å². The molecule has 0 N–H and O–H groups in total. The van der Waals surface area contributed by atoms with Gasteiger partial charge >= 0.3 is 0 Å². The minimum absolute atomic E-state index is 0.570. The molecule has 198 valence electrons. The van der Waals surface area contributed by atoms with E-state index in [1.807, 2.05) is 53.8 Å². The Labute approximate surface area is 250 Å². The predicted octanol–water partition coefficient (Wildman–Crippen LogP) is 10.7. The van der Waals surface area contributed by atoms with Crippen LogP contribution in [-0.2, 0) is 0 Å². The van der Waals surface area contributed by atoms with E-state index in [1.54, 1.807) is 0 Å². The Morgan fingerprint density at radius 3 is 2.00 bits per heavy atom. The minimum atomic E-state index is 0.570. The molecule has 0 bridgehead atoms. The SMILES string of the molecule is [C-]#[N+]c1cc(-n2c3ccccc3c3cc(C#N)ccc32)cc(-n2c3ccccc3c3ccc4sc5ccccc5c4c32)c1. The standard InChI is InChI=1S/C38H20N4S/c1-40-24-19-25(41-32-11-5-3-9-28(32)31-18-23(22-39)14-16-34(31)41)21-26(20-24)42-33-12-6-2-8-27(33)29-15-17-36-37(38(29)42)30-10-4-7-13-35(30)43-36/h2-21H. The van der Waals surface area contributed by atoms with E-state index < -0.39 is 0 Å². The molecule has 0 saturated carbocycles. The van der Waals surface area contributed by atoms with Crippen molar-refractivity contribution in [1.29, 1.82) is 5.26 Å². The molecule has 0 aliphatic heterocycles. The molecular weight excluding hydrogens is 545 g/mol. The van der Waals surface area contributed by atoms with Gasteiger partial charge in [0.25, 0.3) is 0 Å². The van der Waals surface area contributed by atoms with Crippen LogP contribution in [0.2, 0.25) is 0 Å². The number of benzene rings is 6. The van der Waals surface area contributed by atoms with Crippen molar-refractivity contribution in [2.75, 3.05) is 0 Å². The highest BCUT2D eigenvalue weighted by atomic mass is 32.1. The van der Waals surface area contributed by atoms with Gasteiger partial charge in [-0.1, -0.05) is 60.7 Å². The second-order valence-electron chi connectivity index (χ2n) is 10.8. The zero-order valence-corrected chi connectivity index (χ0v) is 23.6. The summed E-state index contributed by atoms with van der Waals surface area (Å²) in [6.45, 7) is 8.08. The minimum Gasteiger partial charge on any atom is -0.310 e. The van der Waals surface area contributed by atoms with Gasteiger partial charge in [-0.2, -0.15) is 5.26 Å². The van der Waals surface area contributed by atoms with Crippen molar-refractivity contribution in [3.8, 4) is 17.4 Å². The first-order chi connectivity index (χ1) is 21.2. The zero-order valence-electron chi connectivity index (χ0n) is 22.7. The highest BCUT2D eigenvalue weighted by Gasteiger charge is 2.20. The molecule has 9 aromatic rings. The van der Waals surface area contributed by atoms with Gasteiger partial charge in [0, 0.05) is 53.1 Å². The second-order valence-corrected chi connectivity index (χ2v) is 11.9. The van der Waals surface area contributed by atoms with Gasteiger partial charge in [0.05, 0.1) is 40.3 Å². The van der Waals surface area contributed by atoms with Crippen molar-refractivity contribution in [3.63, 3.8) is 0 Å². The van der Waals surface area contributed by atoms with Gasteiger partial charge in [-0.3, -0.25) is 0 Å². The number of fused-ring (bicyclic) bond motifs is 10. The van der Waals surface area contributed by atoms with Crippen molar-refractivity contribution < 1.29 is 0 Å². The van der Waals surface area contributed by atoms with Gasteiger partial charge in [0.1, 0.15) is 0 Å².